The Hall–Kier alpha value is -0.870. The first-order chi connectivity index (χ1) is 15.3. The zero-order valence-electron chi connectivity index (χ0n) is 20.7. The van der Waals surface area contributed by atoms with Crippen LogP contribution in [-0.2, 0) is 9.53 Å². The molecule has 1 N–H and O–H groups in total. The Morgan fingerprint density at radius 2 is 1.94 bits per heavy atom. The van der Waals surface area contributed by atoms with Crippen LogP contribution in [0.25, 0.3) is 0 Å². The van der Waals surface area contributed by atoms with E-state index in [0.717, 1.165) is 56.0 Å². The van der Waals surface area contributed by atoms with Gasteiger partial charge in [-0.05, 0) is 98.2 Å². The maximum atomic E-state index is 12.7. The van der Waals surface area contributed by atoms with Crippen molar-refractivity contribution in [2.75, 3.05) is 26.3 Å². The molecule has 0 aromatic carbocycles. The molecule has 0 spiro atoms. The quantitative estimate of drug-likeness (QED) is 0.608. The van der Waals surface area contributed by atoms with E-state index in [1.54, 1.807) is 5.57 Å². The molecular weight excluding hydrogens is 398 g/mol. The highest BCUT2D eigenvalue weighted by Gasteiger charge is 2.59. The normalized spacial score (nSPS) is 44.8. The zero-order valence-corrected chi connectivity index (χ0v) is 20.7. The molecule has 1 heterocycles. The Balaban J connectivity index is 1.25. The van der Waals surface area contributed by atoms with Crippen molar-refractivity contribution in [2.45, 2.75) is 91.1 Å². The molecule has 4 nitrogen and oxygen atoms in total. The molecule has 8 atom stereocenters. The number of carbonyl (C=O) groups is 1. The minimum atomic E-state index is -0.114. The van der Waals surface area contributed by atoms with Crippen LogP contribution < -0.4 is 0 Å². The summed E-state index contributed by atoms with van der Waals surface area (Å²) in [5.41, 5.74) is 2.35. The second kappa shape index (κ2) is 8.73. The second-order valence-corrected chi connectivity index (χ2v) is 12.4. The third kappa shape index (κ3) is 3.78. The molecule has 1 saturated heterocycles. The van der Waals surface area contributed by atoms with E-state index in [-0.39, 0.29) is 6.10 Å². The van der Waals surface area contributed by atoms with Crippen molar-refractivity contribution in [2.24, 2.45) is 40.4 Å². The number of aliphatic hydroxyl groups is 1. The molecule has 0 aromatic rings. The summed E-state index contributed by atoms with van der Waals surface area (Å²) in [5.74, 6) is 4.19. The molecule has 1 aliphatic heterocycles. The summed E-state index contributed by atoms with van der Waals surface area (Å²) in [5, 5.41) is 10.2. The average molecular weight is 444 g/mol. The molecule has 4 fully saturated rings. The number of hydrogen-bond acceptors (Lipinski definition) is 3. The van der Waals surface area contributed by atoms with Gasteiger partial charge in [0, 0.05) is 19.5 Å². The van der Waals surface area contributed by atoms with E-state index in [1.807, 2.05) is 4.90 Å². The van der Waals surface area contributed by atoms with E-state index in [4.69, 9.17) is 4.74 Å². The van der Waals surface area contributed by atoms with E-state index < -0.39 is 0 Å². The third-order valence-corrected chi connectivity index (χ3v) is 11.0. The van der Waals surface area contributed by atoms with E-state index in [1.165, 1.54) is 38.5 Å². The topological polar surface area (TPSA) is 49.8 Å². The molecule has 0 bridgehead atoms. The summed E-state index contributed by atoms with van der Waals surface area (Å²) in [6.45, 7) is 10.5. The van der Waals surface area contributed by atoms with Gasteiger partial charge in [0.05, 0.1) is 19.3 Å². The van der Waals surface area contributed by atoms with Crippen molar-refractivity contribution in [3.05, 3.63) is 11.6 Å². The summed E-state index contributed by atoms with van der Waals surface area (Å²) in [6.07, 6.45) is 13.9. The molecule has 5 aliphatic rings. The molecule has 5 rings (SSSR count). The van der Waals surface area contributed by atoms with Gasteiger partial charge in [-0.15, -0.1) is 0 Å². The van der Waals surface area contributed by atoms with Crippen molar-refractivity contribution in [1.82, 2.24) is 4.90 Å². The number of hydrogen-bond donors (Lipinski definition) is 1. The van der Waals surface area contributed by atoms with Crippen LogP contribution in [-0.4, -0.2) is 48.3 Å². The van der Waals surface area contributed by atoms with Gasteiger partial charge >= 0.3 is 0 Å². The zero-order chi connectivity index (χ0) is 22.5. The van der Waals surface area contributed by atoms with Gasteiger partial charge in [-0.3, -0.25) is 4.79 Å². The third-order valence-electron chi connectivity index (χ3n) is 11.0. The van der Waals surface area contributed by atoms with Crippen molar-refractivity contribution >= 4 is 5.91 Å². The van der Waals surface area contributed by atoms with E-state index in [2.05, 4.69) is 26.8 Å². The standard InChI is InChI=1S/C28H45NO3/c1-19(4-9-26(31)29-14-16-32-17-15-29)23-7-8-24-22-6-5-20-18-21(30)10-12-27(20,2)25(22)11-13-28(23,24)3/h5,19,21-25,30H,4,6-18H2,1-3H3/t19-,21?,22?,23?,24?,25?,27?,28?/m1/s1. The van der Waals surface area contributed by atoms with E-state index in [9.17, 15) is 9.90 Å². The number of nitrogens with zero attached hydrogens (tertiary/aromatic N) is 1. The van der Waals surface area contributed by atoms with Crippen LogP contribution in [0, 0.1) is 40.4 Å². The first-order valence-corrected chi connectivity index (χ1v) is 13.6. The molecule has 0 radical (unpaired) electrons. The number of fused-ring (bicyclic) bond motifs is 5. The lowest BCUT2D eigenvalue weighted by atomic mass is 9.47. The Labute approximate surface area is 195 Å². The maximum Gasteiger partial charge on any atom is 0.222 e. The molecule has 180 valence electrons. The fourth-order valence-electron chi connectivity index (χ4n) is 9.14. The number of carbonyl (C=O) groups excluding carboxylic acids is 1. The van der Waals surface area contributed by atoms with Crippen molar-refractivity contribution in [3.63, 3.8) is 0 Å². The molecule has 32 heavy (non-hydrogen) atoms. The molecule has 3 saturated carbocycles. The smallest absolute Gasteiger partial charge is 0.222 e. The van der Waals surface area contributed by atoms with Gasteiger partial charge in [0.25, 0.3) is 0 Å². The van der Waals surface area contributed by atoms with Crippen LogP contribution in [0.5, 0.6) is 0 Å². The van der Waals surface area contributed by atoms with Crippen LogP contribution in [0.2, 0.25) is 0 Å². The molecular formula is C28H45NO3. The van der Waals surface area contributed by atoms with Gasteiger partial charge in [0.15, 0.2) is 0 Å². The second-order valence-electron chi connectivity index (χ2n) is 12.4. The van der Waals surface area contributed by atoms with Gasteiger partial charge < -0.3 is 14.7 Å². The van der Waals surface area contributed by atoms with Gasteiger partial charge in [0.2, 0.25) is 5.91 Å². The van der Waals surface area contributed by atoms with Crippen molar-refractivity contribution in [1.29, 1.82) is 0 Å². The van der Waals surface area contributed by atoms with Crippen molar-refractivity contribution in [3.8, 4) is 0 Å². The van der Waals surface area contributed by atoms with Gasteiger partial charge in [-0.2, -0.15) is 0 Å². The molecule has 0 aromatic heterocycles. The Kier molecular flexibility index (Phi) is 6.24. The Morgan fingerprint density at radius 3 is 2.72 bits per heavy atom. The van der Waals surface area contributed by atoms with E-state index in [0.29, 0.717) is 42.3 Å². The Morgan fingerprint density at radius 1 is 1.16 bits per heavy atom. The fraction of sp³-hybridized carbons (Fsp3) is 0.893. The average Bonchev–Trinajstić information content (AvgIpc) is 3.15. The summed E-state index contributed by atoms with van der Waals surface area (Å²) in [6, 6.07) is 0. The largest absolute Gasteiger partial charge is 0.393 e. The minimum absolute atomic E-state index is 0.114. The predicted molar refractivity (Wildman–Crippen MR) is 127 cm³/mol. The highest BCUT2D eigenvalue weighted by molar-refractivity contribution is 5.76. The maximum absolute atomic E-state index is 12.7. The fourth-order valence-corrected chi connectivity index (χ4v) is 9.14. The summed E-state index contributed by atoms with van der Waals surface area (Å²) < 4.78 is 5.41. The summed E-state index contributed by atoms with van der Waals surface area (Å²) in [4.78, 5) is 14.7. The number of rotatable bonds is 4. The van der Waals surface area contributed by atoms with Gasteiger partial charge in [-0.25, -0.2) is 0 Å². The molecule has 4 aliphatic carbocycles. The number of allylic oxidation sites excluding steroid dienone is 1. The van der Waals surface area contributed by atoms with Crippen LogP contribution in [0.1, 0.15) is 85.0 Å². The number of aliphatic hydroxyl groups excluding tert-OH is 1. The van der Waals surface area contributed by atoms with E-state index >= 15 is 0 Å². The lowest BCUT2D eigenvalue weighted by molar-refractivity contribution is -0.135. The summed E-state index contributed by atoms with van der Waals surface area (Å²) in [7, 11) is 0. The number of amides is 1. The highest BCUT2D eigenvalue weighted by Crippen LogP contribution is 2.67. The predicted octanol–water partition coefficient (Wildman–Crippen LogP) is 5.20. The Bertz CT molecular complexity index is 743. The highest BCUT2D eigenvalue weighted by atomic mass is 16.5. The lowest BCUT2D eigenvalue weighted by Crippen LogP contribution is -2.50. The SMILES string of the molecule is C[C@H](CCC(=O)N1CCOCC1)C1CCC2C3CC=C4CC(O)CCC4(C)C3CCC21C. The van der Waals surface area contributed by atoms with Crippen LogP contribution in [0.4, 0.5) is 0 Å². The monoisotopic (exact) mass is 443 g/mol. The van der Waals surface area contributed by atoms with Gasteiger partial charge in [-0.1, -0.05) is 32.4 Å². The molecule has 1 amide bonds. The minimum Gasteiger partial charge on any atom is -0.393 e. The molecule has 4 heteroatoms. The number of morpholine rings is 1. The van der Waals surface area contributed by atoms with Gasteiger partial charge in [0.1, 0.15) is 0 Å². The first-order valence-electron chi connectivity index (χ1n) is 13.6. The van der Waals surface area contributed by atoms with Crippen LogP contribution in [0.15, 0.2) is 11.6 Å². The van der Waals surface area contributed by atoms with Crippen LogP contribution in [0.3, 0.4) is 0 Å². The first kappa shape index (κ1) is 22.9. The molecule has 7 unspecified atom stereocenters. The number of ether oxygens (including phenoxy) is 1. The van der Waals surface area contributed by atoms with Crippen molar-refractivity contribution < 1.29 is 14.6 Å². The lowest BCUT2D eigenvalue weighted by Gasteiger charge is -2.58. The summed E-state index contributed by atoms with van der Waals surface area (Å²) >= 11 is 0. The van der Waals surface area contributed by atoms with Crippen LogP contribution >= 0.6 is 0 Å².